The smallest absolute Gasteiger partial charge is 0.222 e. The van der Waals surface area contributed by atoms with Gasteiger partial charge in [0.15, 0.2) is 0 Å². The molecule has 4 nitrogen and oxygen atoms in total. The van der Waals surface area contributed by atoms with E-state index in [0.29, 0.717) is 5.95 Å². The van der Waals surface area contributed by atoms with Gasteiger partial charge in [-0.3, -0.25) is 0 Å². The number of hydrogen-bond donors (Lipinski definition) is 2. The maximum atomic E-state index is 5.88. The average Bonchev–Trinajstić information content (AvgIpc) is 2.78. The molecule has 1 aliphatic rings. The number of rotatable bonds is 4. The van der Waals surface area contributed by atoms with Gasteiger partial charge in [0, 0.05) is 18.9 Å². The number of aryl methyl sites for hydroxylation is 1. The summed E-state index contributed by atoms with van der Waals surface area (Å²) in [6.45, 7) is 3.64. The van der Waals surface area contributed by atoms with Crippen molar-refractivity contribution in [1.29, 1.82) is 0 Å². The number of nitrogens with two attached hydrogens (primary N) is 1. The molecule has 88 valence electrons. The molecule has 4 heteroatoms. The van der Waals surface area contributed by atoms with Gasteiger partial charge in [-0.25, -0.2) is 9.97 Å². The minimum Gasteiger partial charge on any atom is -0.354 e. The van der Waals surface area contributed by atoms with Gasteiger partial charge < -0.3 is 11.1 Å². The Kier molecular flexibility index (Phi) is 3.39. The third-order valence-electron chi connectivity index (χ3n) is 3.50. The van der Waals surface area contributed by atoms with Crippen molar-refractivity contribution in [2.75, 3.05) is 18.4 Å². The fraction of sp³-hybridized carbons (Fsp3) is 0.667. The van der Waals surface area contributed by atoms with E-state index in [4.69, 9.17) is 5.73 Å². The largest absolute Gasteiger partial charge is 0.354 e. The fourth-order valence-electron chi connectivity index (χ4n) is 2.33. The summed E-state index contributed by atoms with van der Waals surface area (Å²) in [6, 6.07) is 0. The lowest BCUT2D eigenvalue weighted by molar-refractivity contribution is 0.331. The Morgan fingerprint density at radius 1 is 1.31 bits per heavy atom. The van der Waals surface area contributed by atoms with Crippen LogP contribution in [0.4, 0.5) is 5.95 Å². The predicted octanol–water partition coefficient (Wildman–Crippen LogP) is 1.72. The third kappa shape index (κ3) is 2.50. The summed E-state index contributed by atoms with van der Waals surface area (Å²) in [7, 11) is 0. The van der Waals surface area contributed by atoms with E-state index in [-0.39, 0.29) is 5.41 Å². The zero-order valence-electron chi connectivity index (χ0n) is 9.87. The molecule has 1 heterocycles. The first-order valence-corrected chi connectivity index (χ1v) is 5.97. The molecule has 3 N–H and O–H groups in total. The Hall–Kier alpha value is -1.16. The van der Waals surface area contributed by atoms with Gasteiger partial charge in [0.25, 0.3) is 0 Å². The molecule has 0 spiro atoms. The van der Waals surface area contributed by atoms with Crippen LogP contribution in [-0.4, -0.2) is 23.1 Å². The van der Waals surface area contributed by atoms with Gasteiger partial charge in [-0.15, -0.1) is 0 Å². The Bertz CT molecular complexity index is 327. The first-order valence-electron chi connectivity index (χ1n) is 5.97. The second-order valence-electron chi connectivity index (χ2n) is 4.85. The molecule has 0 aliphatic heterocycles. The molecule has 0 aromatic carbocycles. The summed E-state index contributed by atoms with van der Waals surface area (Å²) in [6.07, 6.45) is 8.71. The zero-order chi connectivity index (χ0) is 11.4. The van der Waals surface area contributed by atoms with Crippen LogP contribution in [0.2, 0.25) is 0 Å². The molecule has 16 heavy (non-hydrogen) atoms. The number of aromatic nitrogens is 2. The Morgan fingerprint density at radius 3 is 2.50 bits per heavy atom. The second kappa shape index (κ2) is 4.78. The van der Waals surface area contributed by atoms with Crippen molar-refractivity contribution >= 4 is 5.95 Å². The average molecular weight is 220 g/mol. The molecule has 1 aromatic heterocycles. The molecule has 1 aliphatic carbocycles. The highest BCUT2D eigenvalue weighted by Gasteiger charge is 2.32. The van der Waals surface area contributed by atoms with Crippen LogP contribution in [0.15, 0.2) is 12.4 Å². The molecule has 0 unspecified atom stereocenters. The maximum absolute atomic E-state index is 5.88. The van der Waals surface area contributed by atoms with Gasteiger partial charge in [-0.2, -0.15) is 0 Å². The fourth-order valence-corrected chi connectivity index (χ4v) is 2.33. The lowest BCUT2D eigenvalue weighted by Gasteiger charge is -2.27. The van der Waals surface area contributed by atoms with E-state index < -0.39 is 0 Å². The molecule has 1 saturated carbocycles. The lowest BCUT2D eigenvalue weighted by Crippen LogP contribution is -2.35. The molecule has 0 amide bonds. The van der Waals surface area contributed by atoms with Gasteiger partial charge in [-0.05, 0) is 37.3 Å². The van der Waals surface area contributed by atoms with E-state index in [2.05, 4.69) is 15.3 Å². The second-order valence-corrected chi connectivity index (χ2v) is 4.85. The van der Waals surface area contributed by atoms with E-state index in [1.807, 2.05) is 19.3 Å². The number of nitrogens with zero attached hydrogens (tertiary/aromatic N) is 2. The zero-order valence-corrected chi connectivity index (χ0v) is 9.87. The van der Waals surface area contributed by atoms with Gasteiger partial charge in [0.2, 0.25) is 5.95 Å². The molecule has 0 radical (unpaired) electrons. The van der Waals surface area contributed by atoms with Crippen LogP contribution in [0.3, 0.4) is 0 Å². The van der Waals surface area contributed by atoms with Crippen molar-refractivity contribution in [3.8, 4) is 0 Å². The van der Waals surface area contributed by atoms with Gasteiger partial charge in [0.05, 0.1) is 0 Å². The highest BCUT2D eigenvalue weighted by Crippen LogP contribution is 2.36. The molecule has 1 fully saturated rings. The normalized spacial score (nSPS) is 18.6. The van der Waals surface area contributed by atoms with Crippen LogP contribution in [-0.2, 0) is 0 Å². The minimum atomic E-state index is 0.272. The third-order valence-corrected chi connectivity index (χ3v) is 3.50. The maximum Gasteiger partial charge on any atom is 0.222 e. The summed E-state index contributed by atoms with van der Waals surface area (Å²) in [5.74, 6) is 0.713. The molecule has 0 bridgehead atoms. The van der Waals surface area contributed by atoms with E-state index in [0.717, 1.165) is 18.7 Å². The van der Waals surface area contributed by atoms with Crippen molar-refractivity contribution in [1.82, 2.24) is 9.97 Å². The topological polar surface area (TPSA) is 63.8 Å². The van der Waals surface area contributed by atoms with Gasteiger partial charge >= 0.3 is 0 Å². The summed E-state index contributed by atoms with van der Waals surface area (Å²) in [5, 5.41) is 3.30. The Morgan fingerprint density at radius 2 is 1.94 bits per heavy atom. The standard InChI is InChI=1S/C12H20N4/c1-10-6-14-11(15-7-10)16-9-12(8-13)4-2-3-5-12/h6-7H,2-5,8-9,13H2,1H3,(H,14,15,16). The molecule has 1 aromatic rings. The highest BCUT2D eigenvalue weighted by atomic mass is 15.1. The van der Waals surface area contributed by atoms with Crippen molar-refractivity contribution in [3.63, 3.8) is 0 Å². The van der Waals surface area contributed by atoms with E-state index >= 15 is 0 Å². The van der Waals surface area contributed by atoms with Crippen molar-refractivity contribution < 1.29 is 0 Å². The van der Waals surface area contributed by atoms with Crippen LogP contribution in [0.1, 0.15) is 31.2 Å². The van der Waals surface area contributed by atoms with Gasteiger partial charge in [0.1, 0.15) is 0 Å². The van der Waals surface area contributed by atoms with Crippen molar-refractivity contribution in [3.05, 3.63) is 18.0 Å². The number of nitrogens with one attached hydrogen (secondary N) is 1. The molecule has 0 atom stereocenters. The summed E-state index contributed by atoms with van der Waals surface area (Å²) in [4.78, 5) is 8.48. The van der Waals surface area contributed by atoms with Crippen LogP contribution in [0.5, 0.6) is 0 Å². The Balaban J connectivity index is 1.93. The van der Waals surface area contributed by atoms with E-state index in [1.54, 1.807) is 0 Å². The number of hydrogen-bond acceptors (Lipinski definition) is 4. The van der Waals surface area contributed by atoms with Crippen LogP contribution in [0.25, 0.3) is 0 Å². The first kappa shape index (κ1) is 11.3. The van der Waals surface area contributed by atoms with Crippen LogP contribution in [0, 0.1) is 12.3 Å². The van der Waals surface area contributed by atoms with E-state index in [1.165, 1.54) is 25.7 Å². The summed E-state index contributed by atoms with van der Waals surface area (Å²) < 4.78 is 0. The number of anilines is 1. The summed E-state index contributed by atoms with van der Waals surface area (Å²) in [5.41, 5.74) is 7.23. The first-order chi connectivity index (χ1) is 7.74. The van der Waals surface area contributed by atoms with E-state index in [9.17, 15) is 0 Å². The minimum absolute atomic E-state index is 0.272. The summed E-state index contributed by atoms with van der Waals surface area (Å²) >= 11 is 0. The van der Waals surface area contributed by atoms with Crippen molar-refractivity contribution in [2.45, 2.75) is 32.6 Å². The molecule has 0 saturated heterocycles. The predicted molar refractivity (Wildman–Crippen MR) is 65.2 cm³/mol. The molecular formula is C12H20N4. The van der Waals surface area contributed by atoms with Crippen molar-refractivity contribution in [2.24, 2.45) is 11.1 Å². The Labute approximate surface area is 96.7 Å². The monoisotopic (exact) mass is 220 g/mol. The lowest BCUT2D eigenvalue weighted by atomic mass is 9.86. The molecular weight excluding hydrogens is 200 g/mol. The highest BCUT2D eigenvalue weighted by molar-refractivity contribution is 5.25. The van der Waals surface area contributed by atoms with Gasteiger partial charge in [-0.1, -0.05) is 12.8 Å². The van der Waals surface area contributed by atoms with Crippen LogP contribution >= 0.6 is 0 Å². The van der Waals surface area contributed by atoms with Crippen LogP contribution < -0.4 is 11.1 Å². The molecule has 2 rings (SSSR count). The quantitative estimate of drug-likeness (QED) is 0.811. The SMILES string of the molecule is Cc1cnc(NCC2(CN)CCCC2)nc1.